The lowest BCUT2D eigenvalue weighted by molar-refractivity contribution is 0.0864. The molecule has 0 saturated heterocycles. The topological polar surface area (TPSA) is 222 Å². The Morgan fingerprint density at radius 2 is 1.81 bits per heavy atom. The first-order valence-corrected chi connectivity index (χ1v) is 13.8. The normalized spacial score (nSPS) is 11.1. The van der Waals surface area contributed by atoms with Gasteiger partial charge in [-0.15, -0.1) is 0 Å². The molecule has 1 aromatic carbocycles. The molecule has 16 heteroatoms. The molecule has 2 aromatic heterocycles. The number of H-pyrrole nitrogens is 1. The summed E-state index contributed by atoms with van der Waals surface area (Å²) in [5, 5.41) is 8.32. The predicted molar refractivity (Wildman–Crippen MR) is 134 cm³/mol. The number of imidazole rings is 1. The fourth-order valence-corrected chi connectivity index (χ4v) is 2.71. The molecule has 3 rings (SSSR count). The van der Waals surface area contributed by atoms with Gasteiger partial charge >= 0.3 is 0 Å². The molecular formula is C20H30N6O8S2. The van der Waals surface area contributed by atoms with Gasteiger partial charge < -0.3 is 20.0 Å². The highest BCUT2D eigenvalue weighted by atomic mass is 32.2. The van der Waals surface area contributed by atoms with E-state index in [2.05, 4.69) is 9.97 Å². The van der Waals surface area contributed by atoms with E-state index in [-0.39, 0.29) is 11.9 Å². The van der Waals surface area contributed by atoms with Gasteiger partial charge in [-0.3, -0.25) is 24.2 Å². The maximum atomic E-state index is 12.4. The quantitative estimate of drug-likeness (QED) is 0.128. The Bertz CT molecular complexity index is 1340. The molecule has 0 radical (unpaired) electrons. The Morgan fingerprint density at radius 1 is 1.22 bits per heavy atom. The summed E-state index contributed by atoms with van der Waals surface area (Å²) >= 11 is 0. The van der Waals surface area contributed by atoms with E-state index >= 15 is 0 Å². The van der Waals surface area contributed by atoms with Gasteiger partial charge in [-0.1, -0.05) is 6.07 Å². The first-order valence-electron chi connectivity index (χ1n) is 10.1. The van der Waals surface area contributed by atoms with Crippen molar-refractivity contribution in [1.82, 2.24) is 19.4 Å². The van der Waals surface area contributed by atoms with Crippen LogP contribution >= 0.6 is 0 Å². The van der Waals surface area contributed by atoms with E-state index in [0.717, 1.165) is 34.3 Å². The smallest absolute Gasteiger partial charge is 0.276 e. The summed E-state index contributed by atoms with van der Waals surface area (Å²) in [5.74, 6) is 0.0290. The zero-order chi connectivity index (χ0) is 27.7. The van der Waals surface area contributed by atoms with Crippen LogP contribution in [0, 0.1) is 12.3 Å². The number of hydrogen-bond donors (Lipinski definition) is 5. The van der Waals surface area contributed by atoms with Crippen molar-refractivity contribution < 1.29 is 35.5 Å². The second-order valence-corrected chi connectivity index (χ2v) is 10.5. The van der Waals surface area contributed by atoms with Gasteiger partial charge in [-0.25, -0.2) is 4.98 Å². The van der Waals surface area contributed by atoms with Crippen molar-refractivity contribution in [2.45, 2.75) is 19.9 Å². The number of benzene rings is 1. The average Bonchev–Trinajstić information content (AvgIpc) is 3.39. The van der Waals surface area contributed by atoms with E-state index in [1.54, 1.807) is 18.6 Å². The van der Waals surface area contributed by atoms with Crippen molar-refractivity contribution in [2.24, 2.45) is 5.73 Å². The van der Waals surface area contributed by atoms with Gasteiger partial charge in [-0.05, 0) is 31.0 Å². The van der Waals surface area contributed by atoms with E-state index in [0.29, 0.717) is 30.6 Å². The fraction of sp³-hybridized carbons (Fsp3) is 0.350. The number of ether oxygens (including phenoxy) is 1. The summed E-state index contributed by atoms with van der Waals surface area (Å²) in [6.45, 7) is 3.35. The van der Waals surface area contributed by atoms with Gasteiger partial charge in [0.25, 0.3) is 26.1 Å². The van der Waals surface area contributed by atoms with Crippen LogP contribution in [0.2, 0.25) is 0 Å². The highest BCUT2D eigenvalue weighted by Gasteiger charge is 2.18. The van der Waals surface area contributed by atoms with Crippen LogP contribution in [0.3, 0.4) is 0 Å². The zero-order valence-corrected chi connectivity index (χ0v) is 21.8. The molecule has 0 spiro atoms. The molecule has 0 bridgehead atoms. The number of carbonyl (C=O) groups is 1. The number of rotatable bonds is 6. The molecule has 6 N–H and O–H groups in total. The second-order valence-electron chi connectivity index (χ2n) is 7.57. The second kappa shape index (κ2) is 13.0. The third-order valence-electron chi connectivity index (χ3n) is 4.25. The number of aromatic nitrogens is 3. The van der Waals surface area contributed by atoms with E-state index in [1.807, 2.05) is 29.8 Å². The molecule has 0 atom stereocenters. The first kappa shape index (κ1) is 30.6. The molecule has 2 heterocycles. The number of amides is 1. The van der Waals surface area contributed by atoms with Gasteiger partial charge in [0.1, 0.15) is 11.4 Å². The maximum Gasteiger partial charge on any atom is 0.276 e. The molecule has 0 aliphatic heterocycles. The molecule has 1 amide bonds. The largest absolute Gasteiger partial charge is 0.491 e. The minimum absolute atomic E-state index is 0.304. The molecule has 14 nitrogen and oxygen atoms in total. The summed E-state index contributed by atoms with van der Waals surface area (Å²) in [6, 6.07) is 5.63. The minimum atomic E-state index is -3.67. The standard InChI is InChI=1S/C18H22N6O2.2CH4O3S/c1-12-4-5-15(26-9-3-7-24-8-6-21-11-24)16-13(12)10-14(22-16)17(25)23(2)18(19)20;2*1-5(2,3)4/h4-6,8,10-11,22H,3,7,9H2,1-2H3,(H3,19,20);2*1H3,(H,2,3,4). The molecule has 0 aliphatic rings. The number of hydrogen-bond acceptors (Lipinski definition) is 8. The summed E-state index contributed by atoms with van der Waals surface area (Å²) in [6.07, 6.45) is 7.71. The number of aryl methyl sites for hydroxylation is 2. The van der Waals surface area contributed by atoms with Gasteiger partial charge in [0.2, 0.25) is 0 Å². The highest BCUT2D eigenvalue weighted by molar-refractivity contribution is 7.85. The Kier molecular flexibility index (Phi) is 11.0. The summed E-state index contributed by atoms with van der Waals surface area (Å²) in [4.78, 5) is 20.6. The lowest BCUT2D eigenvalue weighted by atomic mass is 10.1. The first-order chi connectivity index (χ1) is 16.5. The monoisotopic (exact) mass is 546 g/mol. The molecule has 200 valence electrons. The summed E-state index contributed by atoms with van der Waals surface area (Å²) < 4.78 is 59.6. The van der Waals surface area contributed by atoms with Crippen LogP contribution in [-0.2, 0) is 26.8 Å². The Hall–Kier alpha value is -3.47. The molecule has 0 aliphatic carbocycles. The molecule has 36 heavy (non-hydrogen) atoms. The van der Waals surface area contributed by atoms with Crippen molar-refractivity contribution in [3.8, 4) is 5.75 Å². The number of nitrogens with one attached hydrogen (secondary N) is 2. The van der Waals surface area contributed by atoms with Crippen molar-refractivity contribution in [3.63, 3.8) is 0 Å². The Morgan fingerprint density at radius 3 is 2.31 bits per heavy atom. The van der Waals surface area contributed by atoms with Crippen LogP contribution in [0.4, 0.5) is 0 Å². The SMILES string of the molecule is CS(=O)(=O)O.CS(=O)(=O)O.Cc1ccc(OCCCn2ccnc2)c2[nH]c(C(=O)N(C)C(=N)N)cc12. The van der Waals surface area contributed by atoms with E-state index in [4.69, 9.17) is 25.0 Å². The van der Waals surface area contributed by atoms with Crippen LogP contribution in [0.25, 0.3) is 10.9 Å². The van der Waals surface area contributed by atoms with E-state index < -0.39 is 20.2 Å². The zero-order valence-electron chi connectivity index (χ0n) is 20.2. The number of nitrogens with two attached hydrogens (primary N) is 1. The van der Waals surface area contributed by atoms with Crippen LogP contribution in [0.1, 0.15) is 22.5 Å². The number of carbonyl (C=O) groups excluding carboxylic acids is 1. The van der Waals surface area contributed by atoms with Gasteiger partial charge in [0.05, 0.1) is 31.0 Å². The predicted octanol–water partition coefficient (Wildman–Crippen LogP) is 1.12. The molecule has 0 unspecified atom stereocenters. The van der Waals surface area contributed by atoms with Gasteiger partial charge in [0, 0.05) is 31.4 Å². The van der Waals surface area contributed by atoms with Crippen LogP contribution in [0.15, 0.2) is 36.9 Å². The van der Waals surface area contributed by atoms with Crippen molar-refractivity contribution in [1.29, 1.82) is 5.41 Å². The van der Waals surface area contributed by atoms with Crippen LogP contribution in [0.5, 0.6) is 5.75 Å². The van der Waals surface area contributed by atoms with Gasteiger partial charge in [0.15, 0.2) is 5.96 Å². The molecule has 3 aromatic rings. The van der Waals surface area contributed by atoms with Crippen molar-refractivity contribution >= 4 is 43.0 Å². The number of fused-ring (bicyclic) bond motifs is 1. The van der Waals surface area contributed by atoms with Crippen molar-refractivity contribution in [2.75, 3.05) is 26.2 Å². The van der Waals surface area contributed by atoms with E-state index in [9.17, 15) is 21.6 Å². The third-order valence-corrected chi connectivity index (χ3v) is 4.25. The molecule has 0 fully saturated rings. The minimum Gasteiger partial charge on any atom is -0.491 e. The number of aromatic amines is 1. The lowest BCUT2D eigenvalue weighted by Crippen LogP contribution is -2.38. The fourth-order valence-electron chi connectivity index (χ4n) is 2.71. The Labute approximate surface area is 209 Å². The number of guanidine groups is 1. The molecule has 0 saturated carbocycles. The van der Waals surface area contributed by atoms with Crippen LogP contribution < -0.4 is 10.5 Å². The van der Waals surface area contributed by atoms with E-state index in [1.165, 1.54) is 7.05 Å². The van der Waals surface area contributed by atoms with Gasteiger partial charge in [-0.2, -0.15) is 16.8 Å². The highest BCUT2D eigenvalue weighted by Crippen LogP contribution is 2.29. The molecular weight excluding hydrogens is 516 g/mol. The van der Waals surface area contributed by atoms with Crippen molar-refractivity contribution in [3.05, 3.63) is 48.2 Å². The maximum absolute atomic E-state index is 12.4. The lowest BCUT2D eigenvalue weighted by Gasteiger charge is -2.12. The number of nitrogens with zero attached hydrogens (tertiary/aromatic N) is 3. The third kappa shape index (κ3) is 11.8. The summed E-state index contributed by atoms with van der Waals surface area (Å²) in [5.41, 5.74) is 7.57. The average molecular weight is 547 g/mol. The Balaban J connectivity index is 0.000000550. The van der Waals surface area contributed by atoms with Crippen LogP contribution in [-0.4, -0.2) is 83.4 Å². The summed E-state index contributed by atoms with van der Waals surface area (Å²) in [7, 11) is -5.86.